The fourth-order valence-electron chi connectivity index (χ4n) is 4.94. The third-order valence-corrected chi connectivity index (χ3v) is 7.60. The molecule has 4 rings (SSSR count). The third-order valence-electron chi connectivity index (χ3n) is 6.66. The van der Waals surface area contributed by atoms with Crippen LogP contribution in [-0.4, -0.2) is 54.8 Å². The number of thiophene rings is 1. The number of nitrogens with zero attached hydrogens (tertiary/aromatic N) is 2. The molecule has 6 heteroatoms. The first-order valence-corrected chi connectivity index (χ1v) is 11.8. The number of benzene rings is 1. The lowest BCUT2D eigenvalue weighted by molar-refractivity contribution is -0.124. The van der Waals surface area contributed by atoms with Gasteiger partial charge in [-0.05, 0) is 43.0 Å². The van der Waals surface area contributed by atoms with Crippen molar-refractivity contribution < 1.29 is 9.59 Å². The molecular weight excluding hydrogens is 394 g/mol. The van der Waals surface area contributed by atoms with E-state index in [0.717, 1.165) is 17.0 Å². The highest BCUT2D eigenvalue weighted by Gasteiger charge is 2.42. The van der Waals surface area contributed by atoms with Crippen LogP contribution in [0.5, 0.6) is 0 Å². The second-order valence-electron chi connectivity index (χ2n) is 8.50. The molecule has 2 amide bonds. The molecule has 1 aromatic carbocycles. The molecule has 1 N–H and O–H groups in total. The average molecular weight is 426 g/mol. The molecule has 2 aromatic rings. The summed E-state index contributed by atoms with van der Waals surface area (Å²) in [6.07, 6.45) is 6.48. The van der Waals surface area contributed by atoms with Gasteiger partial charge >= 0.3 is 0 Å². The van der Waals surface area contributed by atoms with Crippen LogP contribution in [-0.2, 0) is 4.79 Å². The Labute approximate surface area is 183 Å². The topological polar surface area (TPSA) is 52.7 Å². The lowest BCUT2D eigenvalue weighted by Crippen LogP contribution is -2.47. The minimum Gasteiger partial charge on any atom is -0.354 e. The van der Waals surface area contributed by atoms with Gasteiger partial charge in [-0.1, -0.05) is 43.5 Å². The van der Waals surface area contributed by atoms with Gasteiger partial charge in [0.15, 0.2) is 0 Å². The number of fused-ring (bicyclic) bond motifs is 1. The van der Waals surface area contributed by atoms with Gasteiger partial charge in [0.25, 0.3) is 5.91 Å². The lowest BCUT2D eigenvalue weighted by Gasteiger charge is -2.39. The van der Waals surface area contributed by atoms with E-state index in [1.807, 2.05) is 41.8 Å². The lowest BCUT2D eigenvalue weighted by atomic mass is 9.82. The number of likely N-dealkylation sites (N-methyl/N-ethyl adjacent to an activating group) is 2. The summed E-state index contributed by atoms with van der Waals surface area (Å²) in [6.45, 7) is 1.47. The monoisotopic (exact) mass is 425 g/mol. The van der Waals surface area contributed by atoms with Gasteiger partial charge in [-0.3, -0.25) is 9.59 Å². The van der Waals surface area contributed by atoms with Gasteiger partial charge in [-0.2, -0.15) is 0 Å². The Hall–Kier alpha value is -2.18. The second-order valence-corrected chi connectivity index (χ2v) is 9.48. The van der Waals surface area contributed by atoms with Crippen molar-refractivity contribution in [2.75, 3.05) is 27.2 Å². The number of hydrogen-bond donors (Lipinski definition) is 1. The van der Waals surface area contributed by atoms with Crippen LogP contribution in [0.15, 0.2) is 41.8 Å². The van der Waals surface area contributed by atoms with Crippen molar-refractivity contribution in [3.63, 3.8) is 0 Å². The second kappa shape index (κ2) is 9.31. The van der Waals surface area contributed by atoms with Crippen molar-refractivity contribution in [1.29, 1.82) is 0 Å². The maximum absolute atomic E-state index is 13.4. The van der Waals surface area contributed by atoms with Crippen molar-refractivity contribution in [3.05, 3.63) is 57.8 Å². The smallest absolute Gasteiger partial charge is 0.254 e. The first-order valence-electron chi connectivity index (χ1n) is 11.0. The van der Waals surface area contributed by atoms with Crippen molar-refractivity contribution >= 4 is 23.2 Å². The zero-order chi connectivity index (χ0) is 21.1. The molecule has 0 spiro atoms. The predicted molar refractivity (Wildman–Crippen MR) is 121 cm³/mol. The van der Waals surface area contributed by atoms with Gasteiger partial charge in [-0.15, -0.1) is 11.3 Å². The Kier molecular flexibility index (Phi) is 6.54. The Morgan fingerprint density at radius 1 is 1.17 bits per heavy atom. The minimum atomic E-state index is -0.400. The summed E-state index contributed by atoms with van der Waals surface area (Å²) in [7, 11) is 3.97. The Bertz CT molecular complexity index is 876. The highest BCUT2D eigenvalue weighted by Crippen LogP contribution is 2.43. The maximum atomic E-state index is 13.4. The first kappa shape index (κ1) is 21.1. The average Bonchev–Trinajstić information content (AvgIpc) is 3.31. The molecule has 2 heterocycles. The van der Waals surface area contributed by atoms with Crippen molar-refractivity contribution in [2.24, 2.45) is 0 Å². The summed E-state index contributed by atoms with van der Waals surface area (Å²) in [5.74, 6) is -0.426. The van der Waals surface area contributed by atoms with Crippen molar-refractivity contribution in [2.45, 2.75) is 50.1 Å². The first-order chi connectivity index (χ1) is 14.6. The molecule has 0 unspecified atom stereocenters. The van der Waals surface area contributed by atoms with Gasteiger partial charge in [0.2, 0.25) is 5.91 Å². The summed E-state index contributed by atoms with van der Waals surface area (Å²) in [5, 5.41) is 5.18. The minimum absolute atomic E-state index is 0.00255. The summed E-state index contributed by atoms with van der Waals surface area (Å²) in [4.78, 5) is 31.5. The summed E-state index contributed by atoms with van der Waals surface area (Å²) < 4.78 is 0. The molecule has 5 nitrogen and oxygen atoms in total. The number of carbonyl (C=O) groups excluding carboxylic acids is 2. The molecule has 0 radical (unpaired) electrons. The van der Waals surface area contributed by atoms with E-state index in [1.54, 1.807) is 23.3 Å². The van der Waals surface area contributed by atoms with Crippen LogP contribution in [0, 0.1) is 0 Å². The van der Waals surface area contributed by atoms with E-state index >= 15 is 0 Å². The molecule has 160 valence electrons. The van der Waals surface area contributed by atoms with Gasteiger partial charge in [0.05, 0.1) is 12.0 Å². The van der Waals surface area contributed by atoms with Crippen LogP contribution in [0.2, 0.25) is 0 Å². The number of nitrogens with one attached hydrogen (secondary N) is 1. The molecule has 1 aliphatic heterocycles. The van der Waals surface area contributed by atoms with Gasteiger partial charge in [0, 0.05) is 36.6 Å². The molecule has 2 atom stereocenters. The van der Waals surface area contributed by atoms with E-state index in [4.69, 9.17) is 0 Å². The van der Waals surface area contributed by atoms with E-state index in [0.29, 0.717) is 18.2 Å². The fraction of sp³-hybridized carbons (Fsp3) is 0.500. The number of amides is 2. The highest BCUT2D eigenvalue weighted by atomic mass is 32.1. The SMILES string of the molecule is CN(CCNC(=O)[C@H]1c2ccccc2C(=O)N(C)[C@H]1c1cccs1)C1CCCCC1. The van der Waals surface area contributed by atoms with E-state index in [9.17, 15) is 9.59 Å². The predicted octanol–water partition coefficient (Wildman–Crippen LogP) is 4.04. The molecule has 0 bridgehead atoms. The van der Waals surface area contributed by atoms with E-state index in [-0.39, 0.29) is 17.9 Å². The zero-order valence-electron chi connectivity index (χ0n) is 17.8. The van der Waals surface area contributed by atoms with Crippen LogP contribution >= 0.6 is 11.3 Å². The van der Waals surface area contributed by atoms with Crippen LogP contribution < -0.4 is 5.32 Å². The molecule has 0 saturated heterocycles. The largest absolute Gasteiger partial charge is 0.354 e. The van der Waals surface area contributed by atoms with Crippen molar-refractivity contribution in [3.8, 4) is 0 Å². The summed E-state index contributed by atoms with van der Waals surface area (Å²) in [6, 6.07) is 11.9. The van der Waals surface area contributed by atoms with Gasteiger partial charge in [0.1, 0.15) is 0 Å². The normalized spacial score (nSPS) is 22.2. The zero-order valence-corrected chi connectivity index (χ0v) is 18.7. The number of rotatable bonds is 6. The molecule has 2 aliphatic rings. The Balaban J connectivity index is 1.51. The van der Waals surface area contributed by atoms with Gasteiger partial charge in [-0.25, -0.2) is 0 Å². The van der Waals surface area contributed by atoms with Crippen LogP contribution in [0.3, 0.4) is 0 Å². The van der Waals surface area contributed by atoms with E-state index < -0.39 is 5.92 Å². The van der Waals surface area contributed by atoms with E-state index in [1.165, 1.54) is 32.1 Å². The Morgan fingerprint density at radius 3 is 2.67 bits per heavy atom. The third kappa shape index (κ3) is 4.16. The number of hydrogen-bond acceptors (Lipinski definition) is 4. The molecule has 30 heavy (non-hydrogen) atoms. The van der Waals surface area contributed by atoms with E-state index in [2.05, 4.69) is 17.3 Å². The quantitative estimate of drug-likeness (QED) is 0.760. The maximum Gasteiger partial charge on any atom is 0.254 e. The summed E-state index contributed by atoms with van der Waals surface area (Å²) >= 11 is 1.60. The number of carbonyl (C=O) groups is 2. The van der Waals surface area contributed by atoms with Crippen LogP contribution in [0.1, 0.15) is 64.9 Å². The van der Waals surface area contributed by atoms with Crippen molar-refractivity contribution in [1.82, 2.24) is 15.1 Å². The highest BCUT2D eigenvalue weighted by molar-refractivity contribution is 7.10. The molecular formula is C24H31N3O2S. The fourth-order valence-corrected chi connectivity index (χ4v) is 5.85. The van der Waals surface area contributed by atoms with Gasteiger partial charge < -0.3 is 15.1 Å². The molecule has 1 saturated carbocycles. The molecule has 1 aliphatic carbocycles. The van der Waals surface area contributed by atoms with Crippen LogP contribution in [0.25, 0.3) is 0 Å². The molecule has 1 aromatic heterocycles. The summed E-state index contributed by atoms with van der Waals surface area (Å²) in [5.41, 5.74) is 1.46. The van der Waals surface area contributed by atoms with Crippen LogP contribution in [0.4, 0.5) is 0 Å². The standard InChI is InChI=1S/C24H31N3O2S/c1-26(17-9-4-3-5-10-17)15-14-25-23(28)21-18-11-6-7-12-19(18)24(29)27(2)22(21)20-13-8-16-30-20/h6-8,11-13,16-17,21-22H,3-5,9-10,14-15H2,1-2H3,(H,25,28)/t21-,22-/m0/s1. The Morgan fingerprint density at radius 2 is 1.93 bits per heavy atom. The molecule has 1 fully saturated rings.